The lowest BCUT2D eigenvalue weighted by Crippen LogP contribution is -2.43. The van der Waals surface area contributed by atoms with Crippen molar-refractivity contribution in [3.8, 4) is 0 Å². The maximum Gasteiger partial charge on any atom is 0.309 e. The highest BCUT2D eigenvalue weighted by atomic mass is 16.5. The lowest BCUT2D eigenvalue weighted by molar-refractivity contribution is -0.145. The fourth-order valence-corrected chi connectivity index (χ4v) is 4.66. The van der Waals surface area contributed by atoms with E-state index < -0.39 is 11.9 Å². The van der Waals surface area contributed by atoms with E-state index >= 15 is 0 Å². The molecule has 3 heterocycles. The number of H-pyrrole nitrogens is 1. The van der Waals surface area contributed by atoms with E-state index in [4.69, 9.17) is 4.74 Å². The number of aliphatic carboxylic acids is 1. The summed E-state index contributed by atoms with van der Waals surface area (Å²) in [6.07, 6.45) is 1.96. The van der Waals surface area contributed by atoms with Gasteiger partial charge < -0.3 is 19.7 Å². The van der Waals surface area contributed by atoms with Gasteiger partial charge in [0.1, 0.15) is 5.69 Å². The number of aromatic nitrogens is 1. The first-order chi connectivity index (χ1) is 12.9. The van der Waals surface area contributed by atoms with Crippen LogP contribution in [0.4, 0.5) is 0 Å². The van der Waals surface area contributed by atoms with Crippen LogP contribution in [0.2, 0.25) is 0 Å². The minimum atomic E-state index is -0.764. The van der Waals surface area contributed by atoms with Gasteiger partial charge in [0.15, 0.2) is 0 Å². The molecule has 0 bridgehead atoms. The van der Waals surface area contributed by atoms with Gasteiger partial charge in [0.05, 0.1) is 12.0 Å². The number of carbonyl (C=O) groups excluding carboxylic acids is 1. The number of carboxylic acid groups (broad SMARTS) is 1. The monoisotopic (exact) mass is 370 g/mol. The fourth-order valence-electron chi connectivity index (χ4n) is 4.66. The van der Waals surface area contributed by atoms with Crippen LogP contribution in [0.15, 0.2) is 18.2 Å². The molecular weight excluding hydrogens is 344 g/mol. The molecule has 0 radical (unpaired) electrons. The molecule has 4 rings (SSSR count). The highest BCUT2D eigenvalue weighted by Crippen LogP contribution is 2.33. The van der Waals surface area contributed by atoms with Crippen LogP contribution >= 0.6 is 0 Å². The van der Waals surface area contributed by atoms with Crippen LogP contribution in [0.5, 0.6) is 0 Å². The molecule has 1 aromatic carbocycles. The molecular formula is C21H26N2O4. The Labute approximate surface area is 158 Å². The molecule has 6 nitrogen and oxygen atoms in total. The number of piperidine rings is 1. The summed E-state index contributed by atoms with van der Waals surface area (Å²) < 4.78 is 5.72. The number of ether oxygens (including phenoxy) is 1. The summed E-state index contributed by atoms with van der Waals surface area (Å²) in [5.74, 6) is -0.939. The maximum absolute atomic E-state index is 12.9. The first kappa shape index (κ1) is 18.0. The molecule has 144 valence electrons. The molecule has 1 unspecified atom stereocenters. The van der Waals surface area contributed by atoms with Crippen LogP contribution in [0, 0.1) is 25.7 Å². The average Bonchev–Trinajstić information content (AvgIpc) is 3.28. The largest absolute Gasteiger partial charge is 0.481 e. The van der Waals surface area contributed by atoms with Crippen LogP contribution in [0.3, 0.4) is 0 Å². The van der Waals surface area contributed by atoms with Crippen molar-refractivity contribution in [3.05, 3.63) is 35.0 Å². The van der Waals surface area contributed by atoms with Crippen molar-refractivity contribution in [2.45, 2.75) is 39.2 Å². The van der Waals surface area contributed by atoms with Gasteiger partial charge >= 0.3 is 5.97 Å². The number of likely N-dealkylation sites (tertiary alicyclic amines) is 1. The highest BCUT2D eigenvalue weighted by molar-refractivity contribution is 5.99. The fraction of sp³-hybridized carbons (Fsp3) is 0.524. The Balaban J connectivity index is 1.44. The number of hydrogen-bond donors (Lipinski definition) is 2. The van der Waals surface area contributed by atoms with Crippen LogP contribution in [-0.2, 0) is 9.53 Å². The average molecular weight is 370 g/mol. The van der Waals surface area contributed by atoms with Gasteiger partial charge in [0.2, 0.25) is 0 Å². The molecule has 1 amide bonds. The third kappa shape index (κ3) is 3.34. The number of fused-ring (bicyclic) bond motifs is 1. The van der Waals surface area contributed by atoms with E-state index in [-0.39, 0.29) is 17.9 Å². The van der Waals surface area contributed by atoms with Gasteiger partial charge in [-0.05, 0) is 62.3 Å². The normalized spacial score (nSPS) is 23.9. The number of amides is 1. The van der Waals surface area contributed by atoms with E-state index in [1.54, 1.807) is 0 Å². The van der Waals surface area contributed by atoms with Crippen LogP contribution in [0.1, 0.15) is 40.9 Å². The molecule has 2 N–H and O–H groups in total. The number of carbonyl (C=O) groups is 2. The summed E-state index contributed by atoms with van der Waals surface area (Å²) in [7, 11) is 0. The molecule has 6 heteroatoms. The number of aryl methyl sites for hydroxylation is 2. The SMILES string of the molecule is Cc1cc(C)c2cc(C(=O)N3CCC([C@@H]4OCCC4C(=O)O)CC3)[nH]c2c1. The Kier molecular flexibility index (Phi) is 4.68. The van der Waals surface area contributed by atoms with Gasteiger partial charge in [-0.3, -0.25) is 9.59 Å². The summed E-state index contributed by atoms with van der Waals surface area (Å²) >= 11 is 0. The number of nitrogens with zero attached hydrogens (tertiary/aromatic N) is 1. The Morgan fingerprint density at radius 1 is 1.15 bits per heavy atom. The number of carboxylic acids is 1. The Morgan fingerprint density at radius 3 is 2.59 bits per heavy atom. The van der Waals surface area contributed by atoms with Gasteiger partial charge in [0.25, 0.3) is 5.91 Å². The quantitative estimate of drug-likeness (QED) is 0.870. The molecule has 2 aliphatic heterocycles. The van der Waals surface area contributed by atoms with E-state index in [9.17, 15) is 14.7 Å². The minimum absolute atomic E-state index is 0.0174. The van der Waals surface area contributed by atoms with Crippen molar-refractivity contribution in [3.63, 3.8) is 0 Å². The number of nitrogens with one attached hydrogen (secondary N) is 1. The predicted octanol–water partition coefficient (Wildman–Crippen LogP) is 3.13. The smallest absolute Gasteiger partial charge is 0.309 e. The van der Waals surface area contributed by atoms with E-state index in [1.165, 1.54) is 5.56 Å². The van der Waals surface area contributed by atoms with Gasteiger partial charge in [-0.15, -0.1) is 0 Å². The van der Waals surface area contributed by atoms with Crippen LogP contribution in [-0.4, -0.2) is 52.7 Å². The topological polar surface area (TPSA) is 82.6 Å². The zero-order valence-corrected chi connectivity index (χ0v) is 15.8. The number of rotatable bonds is 3. The summed E-state index contributed by atoms with van der Waals surface area (Å²) in [5.41, 5.74) is 3.95. The zero-order chi connectivity index (χ0) is 19.1. The standard InChI is InChI=1S/C21H26N2O4/c1-12-9-13(2)16-11-18(22-17(16)10-12)20(24)23-6-3-14(4-7-23)19-15(21(25)26)5-8-27-19/h9-11,14-15,19,22H,3-8H2,1-2H3,(H,25,26)/t15?,19-/m0/s1. The van der Waals surface area contributed by atoms with Gasteiger partial charge in [-0.25, -0.2) is 0 Å². The van der Waals surface area contributed by atoms with E-state index in [1.807, 2.05) is 11.0 Å². The zero-order valence-electron chi connectivity index (χ0n) is 15.8. The maximum atomic E-state index is 12.9. The number of aromatic amines is 1. The first-order valence-electron chi connectivity index (χ1n) is 9.67. The first-order valence-corrected chi connectivity index (χ1v) is 9.67. The third-order valence-corrected chi connectivity index (χ3v) is 6.06. The Bertz CT molecular complexity index is 880. The molecule has 0 spiro atoms. The molecule has 1 aromatic heterocycles. The molecule has 2 atom stereocenters. The lowest BCUT2D eigenvalue weighted by Gasteiger charge is -2.35. The van der Waals surface area contributed by atoms with Crippen molar-refractivity contribution in [1.82, 2.24) is 9.88 Å². The summed E-state index contributed by atoms with van der Waals surface area (Å²) in [5, 5.41) is 10.5. The predicted molar refractivity (Wildman–Crippen MR) is 102 cm³/mol. The molecule has 2 saturated heterocycles. The molecule has 2 aromatic rings. The summed E-state index contributed by atoms with van der Waals surface area (Å²) in [4.78, 5) is 29.5. The van der Waals surface area contributed by atoms with Gasteiger partial charge in [-0.2, -0.15) is 0 Å². The third-order valence-electron chi connectivity index (χ3n) is 6.06. The van der Waals surface area contributed by atoms with Crippen molar-refractivity contribution >= 4 is 22.8 Å². The van der Waals surface area contributed by atoms with Crippen LogP contribution in [0.25, 0.3) is 10.9 Å². The van der Waals surface area contributed by atoms with Crippen molar-refractivity contribution in [2.75, 3.05) is 19.7 Å². The van der Waals surface area contributed by atoms with E-state index in [0.29, 0.717) is 31.8 Å². The molecule has 0 aliphatic carbocycles. The molecule has 2 fully saturated rings. The van der Waals surface area contributed by atoms with E-state index in [2.05, 4.69) is 31.0 Å². The molecule has 2 aliphatic rings. The van der Waals surface area contributed by atoms with Crippen molar-refractivity contribution in [2.24, 2.45) is 11.8 Å². The summed E-state index contributed by atoms with van der Waals surface area (Å²) in [6, 6.07) is 6.13. The highest BCUT2D eigenvalue weighted by Gasteiger charge is 2.40. The van der Waals surface area contributed by atoms with Crippen LogP contribution < -0.4 is 0 Å². The second-order valence-corrected chi connectivity index (χ2v) is 7.92. The second-order valence-electron chi connectivity index (χ2n) is 7.92. The minimum Gasteiger partial charge on any atom is -0.481 e. The second kappa shape index (κ2) is 7.00. The van der Waals surface area contributed by atoms with Crippen molar-refractivity contribution in [1.29, 1.82) is 0 Å². The summed E-state index contributed by atoms with van der Waals surface area (Å²) in [6.45, 7) is 5.92. The van der Waals surface area contributed by atoms with Crippen molar-refractivity contribution < 1.29 is 19.4 Å². The molecule has 27 heavy (non-hydrogen) atoms. The van der Waals surface area contributed by atoms with Gasteiger partial charge in [0, 0.05) is 30.6 Å². The Morgan fingerprint density at radius 2 is 1.89 bits per heavy atom. The lowest BCUT2D eigenvalue weighted by atomic mass is 9.84. The number of hydrogen-bond acceptors (Lipinski definition) is 3. The molecule has 0 saturated carbocycles. The number of benzene rings is 1. The van der Waals surface area contributed by atoms with Gasteiger partial charge in [-0.1, -0.05) is 6.07 Å². The Hall–Kier alpha value is -2.34. The van der Waals surface area contributed by atoms with E-state index in [0.717, 1.165) is 29.3 Å².